The van der Waals surface area contributed by atoms with E-state index >= 15 is 0 Å². The van der Waals surface area contributed by atoms with Crippen LogP contribution in [-0.2, 0) is 0 Å². The number of hydrogen-bond acceptors (Lipinski definition) is 2. The maximum absolute atomic E-state index is 8.62. The standard InChI is InChI=1S/C6H15NO/c1-5(2)6(3-7)4-8/h5-6,8H,3-4,7H2,1-2H3/t6-/m1/s1. The van der Waals surface area contributed by atoms with Crippen molar-refractivity contribution in [3.8, 4) is 0 Å². The van der Waals surface area contributed by atoms with Crippen LogP contribution < -0.4 is 5.73 Å². The van der Waals surface area contributed by atoms with Crippen LogP contribution in [0.1, 0.15) is 13.8 Å². The first kappa shape index (κ1) is 7.92. The summed E-state index contributed by atoms with van der Waals surface area (Å²) in [6.45, 7) is 4.93. The van der Waals surface area contributed by atoms with Gasteiger partial charge in [-0.1, -0.05) is 13.8 Å². The van der Waals surface area contributed by atoms with Gasteiger partial charge in [-0.05, 0) is 18.4 Å². The van der Waals surface area contributed by atoms with Gasteiger partial charge in [0, 0.05) is 6.61 Å². The molecule has 1 atom stereocenters. The third kappa shape index (κ3) is 2.28. The fraction of sp³-hybridized carbons (Fsp3) is 1.00. The van der Waals surface area contributed by atoms with Crippen LogP contribution in [-0.4, -0.2) is 18.3 Å². The normalized spacial score (nSPS) is 14.6. The van der Waals surface area contributed by atoms with Crippen molar-refractivity contribution in [2.45, 2.75) is 13.8 Å². The Bertz CT molecular complexity index is 50.5. The highest BCUT2D eigenvalue weighted by Gasteiger charge is 2.07. The molecule has 0 amide bonds. The van der Waals surface area contributed by atoms with Gasteiger partial charge in [-0.2, -0.15) is 0 Å². The van der Waals surface area contributed by atoms with Crippen LogP contribution in [0.15, 0.2) is 0 Å². The third-order valence-corrected chi connectivity index (χ3v) is 1.48. The molecule has 0 aliphatic heterocycles. The molecule has 0 heterocycles. The van der Waals surface area contributed by atoms with E-state index in [0.29, 0.717) is 12.5 Å². The zero-order valence-corrected chi connectivity index (χ0v) is 5.59. The van der Waals surface area contributed by atoms with Crippen molar-refractivity contribution in [3.63, 3.8) is 0 Å². The molecule has 0 aliphatic carbocycles. The molecule has 8 heavy (non-hydrogen) atoms. The Morgan fingerprint density at radius 2 is 2.00 bits per heavy atom. The van der Waals surface area contributed by atoms with E-state index < -0.39 is 0 Å². The van der Waals surface area contributed by atoms with Crippen LogP contribution in [0.2, 0.25) is 0 Å². The van der Waals surface area contributed by atoms with Gasteiger partial charge < -0.3 is 10.8 Å². The summed E-state index contributed by atoms with van der Waals surface area (Å²) in [4.78, 5) is 0. The molecular weight excluding hydrogens is 102 g/mol. The van der Waals surface area contributed by atoms with Crippen LogP contribution in [0.5, 0.6) is 0 Å². The maximum atomic E-state index is 8.62. The van der Waals surface area contributed by atoms with Crippen LogP contribution in [0, 0.1) is 11.8 Å². The summed E-state index contributed by atoms with van der Waals surface area (Å²) in [5.74, 6) is 0.792. The molecule has 0 aliphatic rings. The third-order valence-electron chi connectivity index (χ3n) is 1.48. The number of nitrogens with two attached hydrogens (primary N) is 1. The number of aliphatic hydroxyl groups excluding tert-OH is 1. The molecule has 2 heteroatoms. The lowest BCUT2D eigenvalue weighted by Gasteiger charge is -2.14. The molecule has 3 N–H and O–H groups in total. The Morgan fingerprint density at radius 1 is 1.50 bits per heavy atom. The Morgan fingerprint density at radius 3 is 2.00 bits per heavy atom. The lowest BCUT2D eigenvalue weighted by Crippen LogP contribution is -2.22. The lowest BCUT2D eigenvalue weighted by molar-refractivity contribution is 0.195. The lowest BCUT2D eigenvalue weighted by atomic mass is 9.97. The van der Waals surface area contributed by atoms with Crippen molar-refractivity contribution in [1.82, 2.24) is 0 Å². The maximum Gasteiger partial charge on any atom is 0.0473 e. The second-order valence-corrected chi connectivity index (χ2v) is 2.42. The molecule has 0 saturated carbocycles. The fourth-order valence-electron chi connectivity index (χ4n) is 0.558. The molecule has 2 nitrogen and oxygen atoms in total. The second kappa shape index (κ2) is 3.87. The quantitative estimate of drug-likeness (QED) is 0.555. The fourth-order valence-corrected chi connectivity index (χ4v) is 0.558. The van der Waals surface area contributed by atoms with Crippen molar-refractivity contribution in [2.24, 2.45) is 17.6 Å². The van der Waals surface area contributed by atoms with E-state index in [1.807, 2.05) is 0 Å². The van der Waals surface area contributed by atoms with E-state index in [9.17, 15) is 0 Å². The van der Waals surface area contributed by atoms with Gasteiger partial charge in [-0.25, -0.2) is 0 Å². The summed E-state index contributed by atoms with van der Waals surface area (Å²) in [5, 5.41) is 8.62. The molecule has 0 rings (SSSR count). The monoisotopic (exact) mass is 117 g/mol. The Hall–Kier alpha value is -0.0800. The predicted molar refractivity (Wildman–Crippen MR) is 34.5 cm³/mol. The van der Waals surface area contributed by atoms with Gasteiger partial charge in [0.2, 0.25) is 0 Å². The highest BCUT2D eigenvalue weighted by molar-refractivity contribution is 4.60. The van der Waals surface area contributed by atoms with Crippen molar-refractivity contribution in [2.75, 3.05) is 13.2 Å². The smallest absolute Gasteiger partial charge is 0.0473 e. The first-order chi connectivity index (χ1) is 3.72. The van der Waals surface area contributed by atoms with E-state index in [1.165, 1.54) is 0 Å². The summed E-state index contributed by atoms with van der Waals surface area (Å²) < 4.78 is 0. The number of rotatable bonds is 3. The molecule has 0 fully saturated rings. The largest absolute Gasteiger partial charge is 0.396 e. The Labute approximate surface area is 50.7 Å². The highest BCUT2D eigenvalue weighted by Crippen LogP contribution is 2.06. The topological polar surface area (TPSA) is 46.2 Å². The van der Waals surface area contributed by atoms with Crippen LogP contribution in [0.4, 0.5) is 0 Å². The summed E-state index contributed by atoms with van der Waals surface area (Å²) in [6.07, 6.45) is 0. The van der Waals surface area contributed by atoms with E-state index in [0.717, 1.165) is 0 Å². The predicted octanol–water partition coefficient (Wildman–Crippen LogP) is 0.210. The molecule has 0 radical (unpaired) electrons. The van der Waals surface area contributed by atoms with Crippen molar-refractivity contribution in [1.29, 1.82) is 0 Å². The summed E-state index contributed by atoms with van der Waals surface area (Å²) >= 11 is 0. The van der Waals surface area contributed by atoms with E-state index in [-0.39, 0.29) is 12.5 Å². The Kier molecular flexibility index (Phi) is 3.83. The Balaban J connectivity index is 3.35. The molecule has 0 spiro atoms. The molecule has 0 aromatic heterocycles. The van der Waals surface area contributed by atoms with Crippen molar-refractivity contribution in [3.05, 3.63) is 0 Å². The van der Waals surface area contributed by atoms with Gasteiger partial charge in [0.25, 0.3) is 0 Å². The molecule has 0 aromatic carbocycles. The minimum absolute atomic E-state index is 0.216. The van der Waals surface area contributed by atoms with Crippen LogP contribution in [0.3, 0.4) is 0 Å². The van der Waals surface area contributed by atoms with Gasteiger partial charge in [-0.3, -0.25) is 0 Å². The average Bonchev–Trinajstić information content (AvgIpc) is 1.69. The zero-order valence-electron chi connectivity index (χ0n) is 5.59. The molecule has 50 valence electrons. The van der Waals surface area contributed by atoms with Crippen molar-refractivity contribution < 1.29 is 5.11 Å². The van der Waals surface area contributed by atoms with Gasteiger partial charge in [-0.15, -0.1) is 0 Å². The minimum atomic E-state index is 0.216. The first-order valence-electron chi connectivity index (χ1n) is 3.03. The second-order valence-electron chi connectivity index (χ2n) is 2.42. The first-order valence-corrected chi connectivity index (χ1v) is 3.03. The molecule has 0 bridgehead atoms. The summed E-state index contributed by atoms with van der Waals surface area (Å²) in [7, 11) is 0. The summed E-state index contributed by atoms with van der Waals surface area (Å²) in [6, 6.07) is 0. The zero-order chi connectivity index (χ0) is 6.57. The van der Waals surface area contributed by atoms with E-state index in [1.54, 1.807) is 0 Å². The highest BCUT2D eigenvalue weighted by atomic mass is 16.3. The van der Waals surface area contributed by atoms with Crippen LogP contribution in [0.25, 0.3) is 0 Å². The van der Waals surface area contributed by atoms with Crippen molar-refractivity contribution >= 4 is 0 Å². The van der Waals surface area contributed by atoms with Gasteiger partial charge in [0.1, 0.15) is 0 Å². The van der Waals surface area contributed by atoms with E-state index in [2.05, 4.69) is 13.8 Å². The SMILES string of the molecule is CC(C)[C@H](CN)CO. The van der Waals surface area contributed by atoms with E-state index in [4.69, 9.17) is 10.8 Å². The van der Waals surface area contributed by atoms with Gasteiger partial charge in [0.15, 0.2) is 0 Å². The molecule has 0 aromatic rings. The number of aliphatic hydroxyl groups is 1. The molecular formula is C6H15NO. The summed E-state index contributed by atoms with van der Waals surface area (Å²) in [5.41, 5.74) is 5.32. The average molecular weight is 117 g/mol. The van der Waals surface area contributed by atoms with Gasteiger partial charge in [0.05, 0.1) is 0 Å². The number of hydrogen-bond donors (Lipinski definition) is 2. The molecule has 0 saturated heterocycles. The van der Waals surface area contributed by atoms with Gasteiger partial charge >= 0.3 is 0 Å². The minimum Gasteiger partial charge on any atom is -0.396 e. The molecule has 0 unspecified atom stereocenters. The van der Waals surface area contributed by atoms with Crippen LogP contribution >= 0.6 is 0 Å².